The number of fused-ring (bicyclic) bond motifs is 2. The maximum Gasteiger partial charge on any atom is 0.417 e. The highest BCUT2D eigenvalue weighted by atomic mass is 35.5. The van der Waals surface area contributed by atoms with Crippen LogP contribution >= 0.6 is 11.6 Å². The van der Waals surface area contributed by atoms with E-state index in [0.717, 1.165) is 16.7 Å². The van der Waals surface area contributed by atoms with Gasteiger partial charge in [0.25, 0.3) is 5.91 Å². The number of aromatic nitrogens is 4. The molecule has 0 radical (unpaired) electrons. The van der Waals surface area contributed by atoms with Gasteiger partial charge in [0.05, 0.1) is 27.3 Å². The Bertz CT molecular complexity index is 1180. The van der Waals surface area contributed by atoms with Crippen LogP contribution in [0.1, 0.15) is 21.7 Å². The molecule has 3 heterocycles. The van der Waals surface area contributed by atoms with Gasteiger partial charge in [0.1, 0.15) is 12.0 Å². The lowest BCUT2D eigenvalue weighted by atomic mass is 10.2. The van der Waals surface area contributed by atoms with E-state index >= 15 is 0 Å². The zero-order valence-corrected chi connectivity index (χ0v) is 14.0. The second kappa shape index (κ2) is 5.57. The van der Waals surface area contributed by atoms with Gasteiger partial charge < -0.3 is 0 Å². The quantitative estimate of drug-likeness (QED) is 0.494. The second-order valence-corrected chi connectivity index (χ2v) is 6.13. The van der Waals surface area contributed by atoms with Crippen LogP contribution in [0, 0.1) is 6.92 Å². The molecule has 4 aromatic rings. The van der Waals surface area contributed by atoms with Crippen LogP contribution in [0.4, 0.5) is 13.2 Å². The van der Waals surface area contributed by atoms with E-state index in [4.69, 9.17) is 11.6 Å². The van der Waals surface area contributed by atoms with Crippen LogP contribution in [-0.4, -0.2) is 24.8 Å². The number of pyridine rings is 1. The molecule has 132 valence electrons. The van der Waals surface area contributed by atoms with Crippen LogP contribution in [-0.2, 0) is 6.18 Å². The van der Waals surface area contributed by atoms with Crippen molar-refractivity contribution in [2.24, 2.45) is 0 Å². The van der Waals surface area contributed by atoms with Gasteiger partial charge in [-0.3, -0.25) is 13.8 Å². The molecule has 0 N–H and O–H groups in total. The molecular weight excluding hydrogens is 369 g/mol. The second-order valence-electron chi connectivity index (χ2n) is 5.72. The number of nitrogens with zero attached hydrogens (tertiary/aromatic N) is 4. The minimum Gasteiger partial charge on any atom is -0.293 e. The molecule has 0 amide bonds. The van der Waals surface area contributed by atoms with Crippen LogP contribution in [0.5, 0.6) is 0 Å². The Morgan fingerprint density at radius 1 is 1.23 bits per heavy atom. The summed E-state index contributed by atoms with van der Waals surface area (Å²) in [6, 6.07) is 7.75. The Morgan fingerprint density at radius 2 is 1.96 bits per heavy atom. The van der Waals surface area contributed by atoms with Gasteiger partial charge in [-0.2, -0.15) is 13.2 Å². The monoisotopic (exact) mass is 378 g/mol. The number of para-hydroxylation sites is 2. The molecule has 0 saturated carbocycles. The lowest BCUT2D eigenvalue weighted by molar-refractivity contribution is -0.137. The van der Waals surface area contributed by atoms with Crippen molar-refractivity contribution < 1.29 is 18.0 Å². The van der Waals surface area contributed by atoms with Crippen LogP contribution in [0.25, 0.3) is 16.7 Å². The maximum atomic E-state index is 13.1. The maximum absolute atomic E-state index is 13.1. The normalized spacial score (nSPS) is 12.2. The fourth-order valence-corrected chi connectivity index (χ4v) is 3.12. The molecule has 0 aliphatic rings. The Labute approximate surface area is 149 Å². The largest absolute Gasteiger partial charge is 0.417 e. The first-order valence-corrected chi connectivity index (χ1v) is 7.87. The first-order chi connectivity index (χ1) is 12.3. The van der Waals surface area contributed by atoms with Crippen LogP contribution in [0.2, 0.25) is 5.02 Å². The van der Waals surface area contributed by atoms with E-state index in [1.165, 1.54) is 10.9 Å². The molecule has 0 atom stereocenters. The molecule has 0 saturated heterocycles. The number of rotatable bonds is 1. The third-order valence-electron chi connectivity index (χ3n) is 4.05. The zero-order chi connectivity index (χ0) is 18.6. The van der Waals surface area contributed by atoms with Gasteiger partial charge in [0, 0.05) is 6.20 Å². The number of benzene rings is 1. The third-order valence-corrected chi connectivity index (χ3v) is 4.33. The summed E-state index contributed by atoms with van der Waals surface area (Å²) < 4.78 is 41.7. The molecule has 3 aromatic heterocycles. The molecule has 1 aromatic carbocycles. The van der Waals surface area contributed by atoms with Crippen molar-refractivity contribution in [1.82, 2.24) is 18.9 Å². The summed E-state index contributed by atoms with van der Waals surface area (Å²) in [5, 5.41) is -0.183. The Kier molecular flexibility index (Phi) is 3.55. The topological polar surface area (TPSA) is 52.2 Å². The van der Waals surface area contributed by atoms with Gasteiger partial charge >= 0.3 is 6.18 Å². The highest BCUT2D eigenvalue weighted by Crippen LogP contribution is 2.33. The summed E-state index contributed by atoms with van der Waals surface area (Å²) in [5.74, 6) is -0.543. The van der Waals surface area contributed by atoms with Gasteiger partial charge in [-0.15, -0.1) is 0 Å². The van der Waals surface area contributed by atoms with Gasteiger partial charge in [0.15, 0.2) is 5.65 Å². The number of alkyl halides is 3. The number of carbonyl (C=O) groups excluding carboxylic acids is 1. The molecule has 0 spiro atoms. The number of halogens is 4. The van der Waals surface area contributed by atoms with Gasteiger partial charge in [-0.25, -0.2) is 9.97 Å². The Balaban J connectivity index is 1.97. The zero-order valence-electron chi connectivity index (χ0n) is 13.3. The van der Waals surface area contributed by atoms with Crippen molar-refractivity contribution in [3.05, 3.63) is 64.8 Å². The molecule has 0 aliphatic heterocycles. The number of aryl methyl sites for hydroxylation is 1. The van der Waals surface area contributed by atoms with E-state index in [2.05, 4.69) is 9.97 Å². The predicted octanol–water partition coefficient (Wildman–Crippen LogP) is 4.35. The lowest BCUT2D eigenvalue weighted by Gasteiger charge is -2.10. The van der Waals surface area contributed by atoms with Crippen LogP contribution in [0.3, 0.4) is 0 Å². The number of hydrogen-bond acceptors (Lipinski definition) is 3. The summed E-state index contributed by atoms with van der Waals surface area (Å²) in [6.45, 7) is 1.54. The predicted molar refractivity (Wildman–Crippen MR) is 89.4 cm³/mol. The highest BCUT2D eigenvalue weighted by molar-refractivity contribution is 6.33. The van der Waals surface area contributed by atoms with Crippen molar-refractivity contribution in [1.29, 1.82) is 0 Å². The lowest BCUT2D eigenvalue weighted by Crippen LogP contribution is -2.15. The van der Waals surface area contributed by atoms with Crippen molar-refractivity contribution >= 4 is 34.2 Å². The first-order valence-electron chi connectivity index (χ1n) is 7.49. The number of hydrogen-bond donors (Lipinski definition) is 0. The minimum atomic E-state index is -4.60. The molecule has 5 nitrogen and oxygen atoms in total. The fraction of sp³-hybridized carbons (Fsp3) is 0.118. The Morgan fingerprint density at radius 3 is 2.69 bits per heavy atom. The molecular formula is C17H10ClF3N4O. The summed E-state index contributed by atoms with van der Waals surface area (Å²) >= 11 is 5.96. The van der Waals surface area contributed by atoms with Gasteiger partial charge in [-0.05, 0) is 25.1 Å². The molecule has 26 heavy (non-hydrogen) atoms. The van der Waals surface area contributed by atoms with E-state index in [1.54, 1.807) is 31.2 Å². The average Bonchev–Trinajstić information content (AvgIpc) is 3.14. The third kappa shape index (κ3) is 2.45. The molecule has 0 bridgehead atoms. The summed E-state index contributed by atoms with van der Waals surface area (Å²) in [4.78, 5) is 21.3. The highest BCUT2D eigenvalue weighted by Gasteiger charge is 2.33. The summed E-state index contributed by atoms with van der Waals surface area (Å²) in [7, 11) is 0. The summed E-state index contributed by atoms with van der Waals surface area (Å²) in [5.41, 5.74) is 0.540. The molecule has 0 aliphatic carbocycles. The van der Waals surface area contributed by atoms with E-state index in [1.807, 2.05) is 0 Å². The van der Waals surface area contributed by atoms with Crippen molar-refractivity contribution in [3.63, 3.8) is 0 Å². The summed E-state index contributed by atoms with van der Waals surface area (Å²) in [6.07, 6.45) is -2.44. The van der Waals surface area contributed by atoms with Crippen molar-refractivity contribution in [2.45, 2.75) is 13.1 Å². The van der Waals surface area contributed by atoms with Gasteiger partial charge in [0.2, 0.25) is 0 Å². The smallest absolute Gasteiger partial charge is 0.293 e. The standard InChI is InChI=1S/C17H10ClF3N4O/c1-9-14(16(26)25-8-22-12-4-2-3-5-13(12)25)24-7-10(17(19,20)21)6-11(18)15(24)23-9/h2-8H,1H3. The van der Waals surface area contributed by atoms with Crippen LogP contribution in [0.15, 0.2) is 42.9 Å². The molecule has 9 heteroatoms. The first kappa shape index (κ1) is 16.6. The van der Waals surface area contributed by atoms with E-state index < -0.39 is 17.6 Å². The average molecular weight is 379 g/mol. The van der Waals surface area contributed by atoms with Crippen molar-refractivity contribution in [2.75, 3.05) is 0 Å². The molecule has 0 fully saturated rings. The SMILES string of the molecule is Cc1nc2c(Cl)cc(C(F)(F)F)cn2c1C(=O)n1cnc2ccccc21. The number of carbonyl (C=O) groups is 1. The van der Waals surface area contributed by atoms with E-state index in [9.17, 15) is 18.0 Å². The van der Waals surface area contributed by atoms with E-state index in [0.29, 0.717) is 11.0 Å². The Hall–Kier alpha value is -2.87. The van der Waals surface area contributed by atoms with E-state index in [-0.39, 0.29) is 22.1 Å². The minimum absolute atomic E-state index is 0.00356. The fourth-order valence-electron chi connectivity index (χ4n) is 2.87. The molecule has 0 unspecified atom stereocenters. The number of imidazole rings is 2. The molecule has 4 rings (SSSR count). The van der Waals surface area contributed by atoms with Crippen LogP contribution < -0.4 is 0 Å². The van der Waals surface area contributed by atoms with Crippen molar-refractivity contribution in [3.8, 4) is 0 Å². The van der Waals surface area contributed by atoms with Gasteiger partial charge in [-0.1, -0.05) is 23.7 Å².